The first-order chi connectivity index (χ1) is 8.74. The number of hydrogen-bond donors (Lipinski definition) is 2. The lowest BCUT2D eigenvalue weighted by atomic mass is 10.0. The molecule has 2 aromatic heterocycles. The Morgan fingerprint density at radius 1 is 1.26 bits per heavy atom. The summed E-state index contributed by atoms with van der Waals surface area (Å²) in [4.78, 5) is 20.6. The van der Waals surface area contributed by atoms with Crippen molar-refractivity contribution in [2.45, 2.75) is 18.9 Å². The number of nitrogens with one attached hydrogen (secondary N) is 1. The van der Waals surface area contributed by atoms with Crippen molar-refractivity contribution in [2.24, 2.45) is 5.73 Å². The maximum absolute atomic E-state index is 11.3. The molecule has 0 spiro atoms. The highest BCUT2D eigenvalue weighted by Gasteiger charge is 2.18. The third kappa shape index (κ3) is 2.72. The van der Waals surface area contributed by atoms with Gasteiger partial charge in [0.15, 0.2) is 0 Å². The summed E-state index contributed by atoms with van der Waals surface area (Å²) in [5.74, 6) is 0. The van der Waals surface area contributed by atoms with Crippen LogP contribution in [0, 0.1) is 0 Å². The number of aromatic amines is 1. The van der Waals surface area contributed by atoms with Crippen LogP contribution >= 0.6 is 12.4 Å². The second kappa shape index (κ2) is 5.59. The molecule has 19 heavy (non-hydrogen) atoms. The van der Waals surface area contributed by atoms with Crippen molar-refractivity contribution in [3.05, 3.63) is 34.7 Å². The van der Waals surface area contributed by atoms with Crippen LogP contribution in [0.15, 0.2) is 29.2 Å². The van der Waals surface area contributed by atoms with Gasteiger partial charge in [-0.05, 0) is 25.0 Å². The standard InChI is InChI=1S/C13H16N4O.ClH/c14-9-4-7-17(8-5-9)11-3-6-15-13-10(11)1-2-12(18)16-13;/h1-3,6,9H,4-5,7-8,14H2,(H,15,16,18);1H. The lowest BCUT2D eigenvalue weighted by Crippen LogP contribution is -2.39. The molecule has 0 unspecified atom stereocenters. The molecule has 0 aromatic carbocycles. The zero-order valence-corrected chi connectivity index (χ0v) is 11.3. The first-order valence-electron chi connectivity index (χ1n) is 6.22. The van der Waals surface area contributed by atoms with Crippen molar-refractivity contribution in [3.8, 4) is 0 Å². The average Bonchev–Trinajstić information content (AvgIpc) is 2.38. The molecule has 5 nitrogen and oxygen atoms in total. The van der Waals surface area contributed by atoms with Gasteiger partial charge < -0.3 is 15.6 Å². The van der Waals surface area contributed by atoms with E-state index in [0.29, 0.717) is 11.7 Å². The molecule has 0 bridgehead atoms. The minimum Gasteiger partial charge on any atom is -0.371 e. The molecule has 3 rings (SSSR count). The van der Waals surface area contributed by atoms with Crippen LogP contribution in [0.3, 0.4) is 0 Å². The number of pyridine rings is 2. The van der Waals surface area contributed by atoms with E-state index in [2.05, 4.69) is 14.9 Å². The highest BCUT2D eigenvalue weighted by Crippen LogP contribution is 2.25. The van der Waals surface area contributed by atoms with E-state index in [1.165, 1.54) is 0 Å². The number of anilines is 1. The topological polar surface area (TPSA) is 75.0 Å². The number of halogens is 1. The summed E-state index contributed by atoms with van der Waals surface area (Å²) >= 11 is 0. The monoisotopic (exact) mass is 280 g/mol. The van der Waals surface area contributed by atoms with E-state index in [1.54, 1.807) is 12.3 Å². The van der Waals surface area contributed by atoms with E-state index in [0.717, 1.165) is 37.0 Å². The van der Waals surface area contributed by atoms with Crippen LogP contribution in [-0.4, -0.2) is 29.1 Å². The highest BCUT2D eigenvalue weighted by molar-refractivity contribution is 5.89. The van der Waals surface area contributed by atoms with Gasteiger partial charge in [-0.1, -0.05) is 0 Å². The maximum atomic E-state index is 11.3. The van der Waals surface area contributed by atoms with Crippen LogP contribution in [0.4, 0.5) is 5.69 Å². The Kier molecular flexibility index (Phi) is 4.07. The SMILES string of the molecule is Cl.NC1CCN(c2ccnc3[nH]c(=O)ccc23)CC1. The number of H-pyrrole nitrogens is 1. The molecular weight excluding hydrogens is 264 g/mol. The van der Waals surface area contributed by atoms with Gasteiger partial charge in [-0.3, -0.25) is 4.79 Å². The molecule has 0 atom stereocenters. The van der Waals surface area contributed by atoms with Crippen LogP contribution < -0.4 is 16.2 Å². The van der Waals surface area contributed by atoms with Crippen molar-refractivity contribution >= 4 is 29.1 Å². The quantitative estimate of drug-likeness (QED) is 0.825. The lowest BCUT2D eigenvalue weighted by molar-refractivity contribution is 0.502. The van der Waals surface area contributed by atoms with Crippen LogP contribution in [0.5, 0.6) is 0 Å². The van der Waals surface area contributed by atoms with Gasteiger partial charge in [0.1, 0.15) is 5.65 Å². The van der Waals surface area contributed by atoms with Gasteiger partial charge in [0.2, 0.25) is 5.56 Å². The fraction of sp³-hybridized carbons (Fsp3) is 0.385. The molecule has 0 aliphatic carbocycles. The Morgan fingerprint density at radius 3 is 2.74 bits per heavy atom. The maximum Gasteiger partial charge on any atom is 0.249 e. The third-order valence-corrected chi connectivity index (χ3v) is 3.49. The summed E-state index contributed by atoms with van der Waals surface area (Å²) < 4.78 is 0. The Morgan fingerprint density at radius 2 is 2.00 bits per heavy atom. The van der Waals surface area contributed by atoms with E-state index in [-0.39, 0.29) is 18.0 Å². The number of aromatic nitrogens is 2. The molecular formula is C13H17ClN4O. The molecule has 1 aliphatic rings. The van der Waals surface area contributed by atoms with Gasteiger partial charge >= 0.3 is 0 Å². The minimum absolute atomic E-state index is 0. The summed E-state index contributed by atoms with van der Waals surface area (Å²) in [6, 6.07) is 5.69. The molecule has 3 heterocycles. The Balaban J connectivity index is 0.00000133. The van der Waals surface area contributed by atoms with Gasteiger partial charge in [0, 0.05) is 42.5 Å². The van der Waals surface area contributed by atoms with E-state index in [9.17, 15) is 4.79 Å². The van der Waals surface area contributed by atoms with E-state index < -0.39 is 0 Å². The summed E-state index contributed by atoms with van der Waals surface area (Å²) in [6.45, 7) is 1.92. The fourth-order valence-electron chi connectivity index (χ4n) is 2.46. The number of piperidine rings is 1. The third-order valence-electron chi connectivity index (χ3n) is 3.49. The first-order valence-corrected chi connectivity index (χ1v) is 6.22. The summed E-state index contributed by atoms with van der Waals surface area (Å²) in [5.41, 5.74) is 7.58. The summed E-state index contributed by atoms with van der Waals surface area (Å²) in [5, 5.41) is 0.993. The van der Waals surface area contributed by atoms with E-state index in [4.69, 9.17) is 5.73 Å². The molecule has 0 saturated carbocycles. The molecule has 102 valence electrons. The molecule has 0 amide bonds. The Hall–Kier alpha value is -1.59. The van der Waals surface area contributed by atoms with Crippen LogP contribution in [0.25, 0.3) is 11.0 Å². The zero-order chi connectivity index (χ0) is 12.5. The van der Waals surface area contributed by atoms with E-state index >= 15 is 0 Å². The van der Waals surface area contributed by atoms with Crippen molar-refractivity contribution in [2.75, 3.05) is 18.0 Å². The second-order valence-electron chi connectivity index (χ2n) is 4.74. The fourth-order valence-corrected chi connectivity index (χ4v) is 2.46. The van der Waals surface area contributed by atoms with Crippen molar-refractivity contribution in [1.82, 2.24) is 9.97 Å². The molecule has 1 fully saturated rings. The number of hydrogen-bond acceptors (Lipinski definition) is 4. The van der Waals surface area contributed by atoms with E-state index in [1.807, 2.05) is 12.1 Å². The predicted molar refractivity (Wildman–Crippen MR) is 79.0 cm³/mol. The molecule has 6 heteroatoms. The van der Waals surface area contributed by atoms with Crippen molar-refractivity contribution in [3.63, 3.8) is 0 Å². The number of nitrogens with two attached hydrogens (primary N) is 1. The average molecular weight is 281 g/mol. The largest absolute Gasteiger partial charge is 0.371 e. The normalized spacial score (nSPS) is 16.4. The number of fused-ring (bicyclic) bond motifs is 1. The van der Waals surface area contributed by atoms with Crippen LogP contribution in [0.1, 0.15) is 12.8 Å². The molecule has 1 aliphatic heterocycles. The van der Waals surface area contributed by atoms with Gasteiger partial charge in [0.05, 0.1) is 0 Å². The number of nitrogens with zero attached hydrogens (tertiary/aromatic N) is 2. The zero-order valence-electron chi connectivity index (χ0n) is 10.5. The van der Waals surface area contributed by atoms with Gasteiger partial charge in [0.25, 0.3) is 0 Å². The van der Waals surface area contributed by atoms with Gasteiger partial charge in [-0.15, -0.1) is 12.4 Å². The van der Waals surface area contributed by atoms with Gasteiger partial charge in [-0.2, -0.15) is 0 Å². The predicted octanol–water partition coefficient (Wildman–Crippen LogP) is 1.27. The lowest BCUT2D eigenvalue weighted by Gasteiger charge is -2.32. The molecule has 2 aromatic rings. The molecule has 1 saturated heterocycles. The second-order valence-corrected chi connectivity index (χ2v) is 4.74. The highest BCUT2D eigenvalue weighted by atomic mass is 35.5. The first kappa shape index (κ1) is 13.8. The Labute approximate surface area is 117 Å². The smallest absolute Gasteiger partial charge is 0.249 e. The van der Waals surface area contributed by atoms with Gasteiger partial charge in [-0.25, -0.2) is 4.98 Å². The Bertz CT molecular complexity index is 619. The van der Waals surface area contributed by atoms with Crippen molar-refractivity contribution < 1.29 is 0 Å². The molecule has 3 N–H and O–H groups in total. The number of rotatable bonds is 1. The minimum atomic E-state index is -0.118. The van der Waals surface area contributed by atoms with Crippen LogP contribution in [-0.2, 0) is 0 Å². The van der Waals surface area contributed by atoms with Crippen molar-refractivity contribution in [1.29, 1.82) is 0 Å². The summed E-state index contributed by atoms with van der Waals surface area (Å²) in [7, 11) is 0. The molecule has 0 radical (unpaired) electrons. The van der Waals surface area contributed by atoms with Crippen LogP contribution in [0.2, 0.25) is 0 Å². The summed E-state index contributed by atoms with van der Waals surface area (Å²) in [6.07, 6.45) is 3.75.